The van der Waals surface area contributed by atoms with Crippen molar-refractivity contribution >= 4 is 5.91 Å². The lowest BCUT2D eigenvalue weighted by Crippen LogP contribution is -2.62. The lowest BCUT2D eigenvalue weighted by molar-refractivity contribution is -0.231. The molecule has 0 unspecified atom stereocenters. The summed E-state index contributed by atoms with van der Waals surface area (Å²) in [7, 11) is 4.78. The minimum Gasteiger partial charge on any atom is -0.493 e. The van der Waals surface area contributed by atoms with Gasteiger partial charge in [0.1, 0.15) is 11.4 Å². The highest BCUT2D eigenvalue weighted by molar-refractivity contribution is 5.85. The van der Waals surface area contributed by atoms with Crippen molar-refractivity contribution in [2.75, 3.05) is 20.8 Å². The molecule has 1 aliphatic carbocycles. The molecule has 2 heterocycles. The van der Waals surface area contributed by atoms with Crippen LogP contribution in [-0.4, -0.2) is 58.0 Å². The highest BCUT2D eigenvalue weighted by Gasteiger charge is 2.65. The highest BCUT2D eigenvalue weighted by atomic mass is 19.3. The van der Waals surface area contributed by atoms with E-state index in [9.17, 15) is 9.90 Å². The molecule has 0 bridgehead atoms. The summed E-state index contributed by atoms with van der Waals surface area (Å²) in [6.07, 6.45) is 1.45. The summed E-state index contributed by atoms with van der Waals surface area (Å²) in [5.41, 5.74) is -2.33. The molecule has 1 saturated heterocycles. The Balaban J connectivity index is 1.62. The van der Waals surface area contributed by atoms with Gasteiger partial charge in [-0.15, -0.1) is 0 Å². The Morgan fingerprint density at radius 1 is 1.08 bits per heavy atom. The van der Waals surface area contributed by atoms with Crippen LogP contribution >= 0.6 is 0 Å². The van der Waals surface area contributed by atoms with E-state index in [-0.39, 0.29) is 19.4 Å². The fourth-order valence-corrected chi connectivity index (χ4v) is 7.05. The summed E-state index contributed by atoms with van der Waals surface area (Å²) in [5.74, 6) is -3.31. The first-order valence-electron chi connectivity index (χ1n) is 13.4. The number of aromatic nitrogens is 2. The Bertz CT molecular complexity index is 1220. The predicted molar refractivity (Wildman–Crippen MR) is 143 cm³/mol. The minimum absolute atomic E-state index is 0.146. The molecule has 4 rings (SSSR count). The zero-order valence-electron chi connectivity index (χ0n) is 24.2. The summed E-state index contributed by atoms with van der Waals surface area (Å²) >= 11 is 0. The number of carbonyl (C=O) groups excluding carboxylic acids is 1. The number of halogens is 2. The van der Waals surface area contributed by atoms with Gasteiger partial charge in [0, 0.05) is 25.2 Å². The number of nitrogens with zero attached hydrogens (tertiary/aromatic N) is 3. The molecule has 1 amide bonds. The van der Waals surface area contributed by atoms with Gasteiger partial charge in [-0.25, -0.2) is 4.68 Å². The molecule has 39 heavy (non-hydrogen) atoms. The number of aliphatic hydroxyl groups is 1. The summed E-state index contributed by atoms with van der Waals surface area (Å²) in [6.45, 7) is 9.45. The Labute approximate surface area is 229 Å². The van der Waals surface area contributed by atoms with Gasteiger partial charge in [0.2, 0.25) is 5.88 Å². The van der Waals surface area contributed by atoms with Crippen LogP contribution in [0.5, 0.6) is 23.1 Å². The summed E-state index contributed by atoms with van der Waals surface area (Å²) in [5, 5.41) is 15.9. The summed E-state index contributed by atoms with van der Waals surface area (Å²) < 4.78 is 50.3. The normalized spacial score (nSPS) is 22.0. The molecule has 1 atom stereocenters. The van der Waals surface area contributed by atoms with Crippen LogP contribution in [0.3, 0.4) is 0 Å². The van der Waals surface area contributed by atoms with E-state index >= 15 is 8.78 Å². The SMILES string of the molecule is COc1ccc(Oc2c(C)c([C@@H]3CCCN3C(=O)C(F)(F)C3(O)CC(C)(C)CC(C)(C)C3)nn2C)cc1OC. The number of methoxy groups -OCH3 is 2. The number of amides is 1. The van der Waals surface area contributed by atoms with Gasteiger partial charge in [-0.1, -0.05) is 27.7 Å². The largest absolute Gasteiger partial charge is 0.493 e. The zero-order valence-corrected chi connectivity index (χ0v) is 24.2. The van der Waals surface area contributed by atoms with Crippen molar-refractivity contribution in [1.82, 2.24) is 14.7 Å². The van der Waals surface area contributed by atoms with Gasteiger partial charge >= 0.3 is 5.92 Å². The zero-order chi connectivity index (χ0) is 29.0. The standard InChI is InChI=1S/C29H41F2N3O5/c1-18-23(32-33(6)24(18)39-19-11-12-21(37-7)22(14-19)38-8)20-10-9-13-34(20)25(35)29(30,31)28(36)16-26(2,3)15-27(4,5)17-28/h11-12,14,20,36H,9-10,13,15-17H2,1-8H3/t20-/m0/s1. The molecule has 2 aromatic rings. The van der Waals surface area contributed by atoms with Crippen molar-refractivity contribution in [3.8, 4) is 23.1 Å². The Kier molecular flexibility index (Phi) is 7.42. The predicted octanol–water partition coefficient (Wildman–Crippen LogP) is 5.80. The van der Waals surface area contributed by atoms with Crippen LogP contribution in [0.2, 0.25) is 0 Å². The first-order chi connectivity index (χ1) is 18.0. The third-order valence-electron chi connectivity index (χ3n) is 8.01. The van der Waals surface area contributed by atoms with Gasteiger partial charge in [-0.05, 0) is 62.0 Å². The quantitative estimate of drug-likeness (QED) is 0.470. The first kappa shape index (κ1) is 29.1. The summed E-state index contributed by atoms with van der Waals surface area (Å²) in [4.78, 5) is 14.7. The summed E-state index contributed by atoms with van der Waals surface area (Å²) in [6, 6.07) is 4.49. The lowest BCUT2D eigenvalue weighted by atomic mass is 9.58. The molecular formula is C29H41F2N3O5. The molecule has 1 aromatic carbocycles. The maximum Gasteiger partial charge on any atom is 0.352 e. The van der Waals surface area contributed by atoms with Crippen LogP contribution in [0, 0.1) is 17.8 Å². The molecule has 216 valence electrons. The van der Waals surface area contributed by atoms with Gasteiger partial charge in [0.15, 0.2) is 11.5 Å². The van der Waals surface area contributed by atoms with Gasteiger partial charge in [-0.2, -0.15) is 13.9 Å². The minimum atomic E-state index is -3.94. The number of alkyl halides is 2. The van der Waals surface area contributed by atoms with E-state index in [1.165, 1.54) is 12.0 Å². The van der Waals surface area contributed by atoms with Crippen LogP contribution in [0.15, 0.2) is 18.2 Å². The number of carbonyl (C=O) groups is 1. The number of rotatable bonds is 7. The molecule has 8 nitrogen and oxygen atoms in total. The maximum atomic E-state index is 16.0. The molecule has 10 heteroatoms. The second-order valence-electron chi connectivity index (χ2n) is 12.7. The van der Waals surface area contributed by atoms with Crippen molar-refractivity contribution in [3.63, 3.8) is 0 Å². The van der Waals surface area contributed by atoms with Gasteiger partial charge in [0.05, 0.1) is 26.0 Å². The van der Waals surface area contributed by atoms with E-state index < -0.39 is 34.3 Å². The molecule has 0 radical (unpaired) electrons. The lowest BCUT2D eigenvalue weighted by Gasteiger charge is -2.51. The van der Waals surface area contributed by atoms with Crippen molar-refractivity contribution in [3.05, 3.63) is 29.5 Å². The molecule has 1 saturated carbocycles. The molecular weight excluding hydrogens is 508 g/mol. The average molecular weight is 550 g/mol. The van der Waals surface area contributed by atoms with Crippen LogP contribution < -0.4 is 14.2 Å². The molecule has 0 spiro atoms. The van der Waals surface area contributed by atoms with Gasteiger partial charge < -0.3 is 24.2 Å². The van der Waals surface area contributed by atoms with E-state index in [0.717, 1.165) is 0 Å². The van der Waals surface area contributed by atoms with E-state index in [0.29, 0.717) is 53.6 Å². The molecule has 2 fully saturated rings. The fourth-order valence-electron chi connectivity index (χ4n) is 7.05. The van der Waals surface area contributed by atoms with E-state index in [1.54, 1.807) is 44.0 Å². The number of hydrogen-bond acceptors (Lipinski definition) is 6. The van der Waals surface area contributed by atoms with Gasteiger partial charge in [0.25, 0.3) is 5.91 Å². The molecule has 1 N–H and O–H groups in total. The van der Waals surface area contributed by atoms with Gasteiger partial charge in [-0.3, -0.25) is 4.79 Å². The second-order valence-corrected chi connectivity index (χ2v) is 12.7. The number of benzene rings is 1. The monoisotopic (exact) mass is 549 g/mol. The third kappa shape index (κ3) is 5.32. The molecule has 2 aliphatic rings. The van der Waals surface area contributed by atoms with Crippen molar-refractivity contribution < 1.29 is 32.9 Å². The van der Waals surface area contributed by atoms with Crippen LogP contribution in [0.4, 0.5) is 8.78 Å². The Hall–Kier alpha value is -2.88. The van der Waals surface area contributed by atoms with Crippen molar-refractivity contribution in [1.29, 1.82) is 0 Å². The number of likely N-dealkylation sites (tertiary alicyclic amines) is 1. The van der Waals surface area contributed by atoms with Crippen LogP contribution in [0.25, 0.3) is 0 Å². The highest BCUT2D eigenvalue weighted by Crippen LogP contribution is 2.55. The number of hydrogen-bond donors (Lipinski definition) is 1. The average Bonchev–Trinajstić information content (AvgIpc) is 3.41. The Morgan fingerprint density at radius 3 is 2.28 bits per heavy atom. The maximum absolute atomic E-state index is 16.0. The fraction of sp³-hybridized carbons (Fsp3) is 0.655. The number of ether oxygens (including phenoxy) is 3. The topological polar surface area (TPSA) is 86.0 Å². The third-order valence-corrected chi connectivity index (χ3v) is 8.01. The van der Waals surface area contributed by atoms with Crippen molar-refractivity contribution in [2.24, 2.45) is 17.9 Å². The molecule has 1 aliphatic heterocycles. The Morgan fingerprint density at radius 2 is 1.69 bits per heavy atom. The van der Waals surface area contributed by atoms with Crippen molar-refractivity contribution in [2.45, 2.75) is 84.3 Å². The number of aryl methyl sites for hydroxylation is 1. The second kappa shape index (κ2) is 9.94. The van der Waals surface area contributed by atoms with E-state index in [2.05, 4.69) is 5.10 Å². The van der Waals surface area contributed by atoms with E-state index in [4.69, 9.17) is 14.2 Å². The van der Waals surface area contributed by atoms with Crippen LogP contribution in [0.1, 0.15) is 77.1 Å². The van der Waals surface area contributed by atoms with E-state index in [1.807, 2.05) is 27.7 Å². The smallest absolute Gasteiger partial charge is 0.352 e. The first-order valence-corrected chi connectivity index (χ1v) is 13.4. The molecule has 1 aromatic heterocycles. The van der Waals surface area contributed by atoms with Crippen LogP contribution in [-0.2, 0) is 11.8 Å².